The fraction of sp³-hybridized carbons (Fsp3) is 0.136. The Morgan fingerprint density at radius 1 is 1.10 bits per heavy atom. The number of rotatable bonds is 6. The van der Waals surface area contributed by atoms with Gasteiger partial charge in [-0.2, -0.15) is 0 Å². The van der Waals surface area contributed by atoms with E-state index < -0.39 is 21.9 Å². The average molecular weight is 425 g/mol. The molecule has 30 heavy (non-hydrogen) atoms. The number of nitrogens with zero attached hydrogens (tertiary/aromatic N) is 1. The Morgan fingerprint density at radius 2 is 1.90 bits per heavy atom. The first-order valence-electron chi connectivity index (χ1n) is 9.34. The Balaban J connectivity index is 1.75. The number of halogens is 1. The summed E-state index contributed by atoms with van der Waals surface area (Å²) in [6, 6.07) is 14.1. The van der Waals surface area contributed by atoms with Gasteiger partial charge in [-0.05, 0) is 36.8 Å². The molecule has 2 heterocycles. The van der Waals surface area contributed by atoms with Gasteiger partial charge in [-0.15, -0.1) is 0 Å². The van der Waals surface area contributed by atoms with Crippen molar-refractivity contribution < 1.29 is 17.9 Å². The van der Waals surface area contributed by atoms with Gasteiger partial charge in [0.15, 0.2) is 0 Å². The van der Waals surface area contributed by atoms with Crippen LogP contribution in [0.1, 0.15) is 6.92 Å². The second-order valence-electron chi connectivity index (χ2n) is 7.04. The van der Waals surface area contributed by atoms with Gasteiger partial charge in [0.1, 0.15) is 11.5 Å². The van der Waals surface area contributed by atoms with Crippen LogP contribution in [0.3, 0.4) is 0 Å². The van der Waals surface area contributed by atoms with Crippen LogP contribution in [-0.4, -0.2) is 36.1 Å². The first-order valence-corrected chi connectivity index (χ1v) is 10.8. The highest BCUT2D eigenvalue weighted by molar-refractivity contribution is 7.89. The van der Waals surface area contributed by atoms with Crippen molar-refractivity contribution in [2.24, 2.45) is 0 Å². The lowest BCUT2D eigenvalue weighted by molar-refractivity contribution is 0.265. The largest absolute Gasteiger partial charge is 0.395 e. The number of pyridine rings is 1. The normalized spacial score (nSPS) is 12.9. The highest BCUT2D eigenvalue weighted by Gasteiger charge is 2.21. The van der Waals surface area contributed by atoms with E-state index in [1.54, 1.807) is 49.6 Å². The van der Waals surface area contributed by atoms with E-state index in [4.69, 9.17) is 0 Å². The smallest absolute Gasteiger partial charge is 0.241 e. The van der Waals surface area contributed by atoms with Crippen LogP contribution in [0.2, 0.25) is 0 Å². The average Bonchev–Trinajstić information content (AvgIpc) is 3.21. The fourth-order valence-electron chi connectivity index (χ4n) is 3.31. The van der Waals surface area contributed by atoms with Gasteiger partial charge in [-0.3, -0.25) is 0 Å². The minimum atomic E-state index is -3.89. The third-order valence-corrected chi connectivity index (χ3v) is 6.45. The molecule has 2 aromatic carbocycles. The summed E-state index contributed by atoms with van der Waals surface area (Å²) in [4.78, 5) is 7.31. The lowest BCUT2D eigenvalue weighted by Gasteiger charge is -2.15. The van der Waals surface area contributed by atoms with Gasteiger partial charge in [-0.1, -0.05) is 30.3 Å². The number of hydrogen-bond donors (Lipinski definition) is 3. The Morgan fingerprint density at radius 3 is 2.67 bits per heavy atom. The van der Waals surface area contributed by atoms with E-state index in [1.165, 1.54) is 12.1 Å². The van der Waals surface area contributed by atoms with Crippen LogP contribution < -0.4 is 4.72 Å². The Labute approximate surface area is 173 Å². The quantitative estimate of drug-likeness (QED) is 0.439. The van der Waals surface area contributed by atoms with Gasteiger partial charge in [0.25, 0.3) is 0 Å². The zero-order valence-electron chi connectivity index (χ0n) is 16.1. The number of aliphatic hydroxyl groups excluding tert-OH is 1. The lowest BCUT2D eigenvalue weighted by atomic mass is 10.00. The molecule has 4 rings (SSSR count). The second-order valence-corrected chi connectivity index (χ2v) is 8.72. The van der Waals surface area contributed by atoms with Gasteiger partial charge in [0, 0.05) is 40.5 Å². The molecule has 0 amide bonds. The van der Waals surface area contributed by atoms with Crippen molar-refractivity contribution in [3.63, 3.8) is 0 Å². The molecule has 0 bridgehead atoms. The zero-order valence-corrected chi connectivity index (χ0v) is 16.9. The molecule has 154 valence electrons. The predicted octanol–water partition coefficient (Wildman–Crippen LogP) is 3.70. The van der Waals surface area contributed by atoms with E-state index in [1.807, 2.05) is 12.1 Å². The first-order chi connectivity index (χ1) is 14.4. The van der Waals surface area contributed by atoms with Crippen molar-refractivity contribution >= 4 is 21.1 Å². The summed E-state index contributed by atoms with van der Waals surface area (Å²) in [6.45, 7) is 1.23. The number of H-pyrrole nitrogens is 1. The van der Waals surface area contributed by atoms with Gasteiger partial charge >= 0.3 is 0 Å². The molecular formula is C22H20FN3O3S. The molecule has 0 saturated heterocycles. The summed E-state index contributed by atoms with van der Waals surface area (Å²) >= 11 is 0. The maximum Gasteiger partial charge on any atom is 0.241 e. The number of fused-ring (bicyclic) bond motifs is 1. The van der Waals surface area contributed by atoms with E-state index in [0.29, 0.717) is 22.3 Å². The molecule has 0 radical (unpaired) electrons. The number of hydrogen-bond acceptors (Lipinski definition) is 4. The molecular weight excluding hydrogens is 405 g/mol. The summed E-state index contributed by atoms with van der Waals surface area (Å²) < 4.78 is 42.9. The van der Waals surface area contributed by atoms with Crippen LogP contribution in [-0.2, 0) is 10.0 Å². The minimum Gasteiger partial charge on any atom is -0.395 e. The van der Waals surface area contributed by atoms with Crippen LogP contribution in [0.25, 0.3) is 33.3 Å². The van der Waals surface area contributed by atoms with E-state index in [-0.39, 0.29) is 11.5 Å². The van der Waals surface area contributed by atoms with Crippen LogP contribution in [0.5, 0.6) is 0 Å². The number of nitrogens with one attached hydrogen (secondary N) is 2. The third-order valence-electron chi connectivity index (χ3n) is 4.80. The Kier molecular flexibility index (Phi) is 5.38. The summed E-state index contributed by atoms with van der Waals surface area (Å²) in [5.41, 5.74) is 2.54. The SMILES string of the molecule is C[C@@H](CO)NS(=O)(=O)c1ccccc1-c1ccc(-c2cnc3[nH]ccc3c2)c(F)c1. The topological polar surface area (TPSA) is 95.1 Å². The summed E-state index contributed by atoms with van der Waals surface area (Å²) in [7, 11) is -3.89. The molecule has 1 atom stereocenters. The molecule has 3 N–H and O–H groups in total. The highest BCUT2D eigenvalue weighted by Crippen LogP contribution is 2.32. The van der Waals surface area contributed by atoms with E-state index in [2.05, 4.69) is 14.7 Å². The van der Waals surface area contributed by atoms with Crippen LogP contribution in [0.15, 0.2) is 71.9 Å². The maximum atomic E-state index is 15.0. The Hall–Kier alpha value is -3.07. The van der Waals surface area contributed by atoms with Crippen LogP contribution >= 0.6 is 0 Å². The number of aliphatic hydroxyl groups is 1. The number of benzene rings is 2. The third kappa shape index (κ3) is 3.85. The fourth-order valence-corrected chi connectivity index (χ4v) is 4.77. The van der Waals surface area contributed by atoms with E-state index in [9.17, 15) is 13.5 Å². The molecule has 6 nitrogen and oxygen atoms in total. The van der Waals surface area contributed by atoms with Crippen molar-refractivity contribution in [1.29, 1.82) is 0 Å². The zero-order chi connectivity index (χ0) is 21.3. The molecule has 0 fully saturated rings. The standard InChI is InChI=1S/C22H20FN3O3S/c1-14(13-27)26-30(28,29)21-5-3-2-4-19(21)15-6-7-18(20(23)11-15)17-10-16-8-9-24-22(16)25-12-17/h2-12,14,26-27H,13H2,1H3,(H,24,25)/t14-/m0/s1. The van der Waals surface area contributed by atoms with Crippen molar-refractivity contribution in [2.45, 2.75) is 17.9 Å². The number of sulfonamides is 1. The van der Waals surface area contributed by atoms with Crippen molar-refractivity contribution in [3.05, 3.63) is 72.8 Å². The first kappa shape index (κ1) is 20.2. The van der Waals surface area contributed by atoms with Gasteiger partial charge in [0.2, 0.25) is 10.0 Å². The van der Waals surface area contributed by atoms with Gasteiger partial charge in [0.05, 0.1) is 11.5 Å². The summed E-state index contributed by atoms with van der Waals surface area (Å²) in [6.07, 6.45) is 3.36. The van der Waals surface area contributed by atoms with Crippen molar-refractivity contribution in [3.8, 4) is 22.3 Å². The van der Waals surface area contributed by atoms with Crippen LogP contribution in [0, 0.1) is 5.82 Å². The number of aromatic amines is 1. The molecule has 8 heteroatoms. The van der Waals surface area contributed by atoms with Crippen molar-refractivity contribution in [2.75, 3.05) is 6.61 Å². The van der Waals surface area contributed by atoms with E-state index in [0.717, 1.165) is 11.0 Å². The molecule has 2 aromatic heterocycles. The second kappa shape index (κ2) is 7.98. The highest BCUT2D eigenvalue weighted by atomic mass is 32.2. The molecule has 0 aliphatic rings. The molecule has 0 saturated carbocycles. The number of aromatic nitrogens is 2. The van der Waals surface area contributed by atoms with E-state index >= 15 is 4.39 Å². The minimum absolute atomic E-state index is 0.0212. The summed E-state index contributed by atoms with van der Waals surface area (Å²) in [5, 5.41) is 10.0. The predicted molar refractivity (Wildman–Crippen MR) is 114 cm³/mol. The molecule has 0 unspecified atom stereocenters. The molecule has 0 spiro atoms. The molecule has 0 aliphatic carbocycles. The monoisotopic (exact) mass is 425 g/mol. The summed E-state index contributed by atoms with van der Waals surface area (Å²) in [5.74, 6) is -0.479. The van der Waals surface area contributed by atoms with Gasteiger partial charge < -0.3 is 10.1 Å². The Bertz CT molecular complexity index is 1320. The van der Waals surface area contributed by atoms with Gasteiger partial charge in [-0.25, -0.2) is 22.5 Å². The molecule has 4 aromatic rings. The maximum absolute atomic E-state index is 15.0. The van der Waals surface area contributed by atoms with Crippen molar-refractivity contribution in [1.82, 2.24) is 14.7 Å². The molecule has 0 aliphatic heterocycles. The lowest BCUT2D eigenvalue weighted by Crippen LogP contribution is -2.35. The van der Waals surface area contributed by atoms with Crippen LogP contribution in [0.4, 0.5) is 4.39 Å².